The molecule has 0 saturated heterocycles. The summed E-state index contributed by atoms with van der Waals surface area (Å²) in [4.78, 5) is 0. The molecule has 0 fully saturated rings. The van der Waals surface area contributed by atoms with Gasteiger partial charge in [0.1, 0.15) is 6.33 Å². The third-order valence-corrected chi connectivity index (χ3v) is 3.32. The maximum Gasteiger partial charge on any atom is 0.209 e. The van der Waals surface area contributed by atoms with Crippen LogP contribution in [0, 0.1) is 0 Å². The van der Waals surface area contributed by atoms with E-state index >= 15 is 0 Å². The van der Waals surface area contributed by atoms with Crippen molar-refractivity contribution in [1.29, 1.82) is 0 Å². The van der Waals surface area contributed by atoms with E-state index in [1.807, 2.05) is 12.1 Å². The molecular weight excluding hydrogens is 276 g/mol. The third kappa shape index (κ3) is 2.73. The lowest BCUT2D eigenvalue weighted by molar-refractivity contribution is 0.846. The van der Waals surface area contributed by atoms with Crippen LogP contribution in [-0.2, 0) is 5.75 Å². The maximum atomic E-state index is 5.60. The van der Waals surface area contributed by atoms with Crippen molar-refractivity contribution >= 4 is 27.7 Å². The van der Waals surface area contributed by atoms with Crippen molar-refractivity contribution in [3.8, 4) is 0 Å². The van der Waals surface area contributed by atoms with Crippen LogP contribution in [0.25, 0.3) is 0 Å². The standard InChI is InChI=1S/C9H9BrN4S/c10-8-3-1-2-7(4-8)5-15-9-13-12-6-14(9)11/h1-4,6H,5,11H2. The van der Waals surface area contributed by atoms with Gasteiger partial charge in [0.05, 0.1) is 0 Å². The van der Waals surface area contributed by atoms with E-state index in [4.69, 9.17) is 5.84 Å². The van der Waals surface area contributed by atoms with Gasteiger partial charge in [-0.2, -0.15) is 0 Å². The second-order valence-electron chi connectivity index (χ2n) is 2.94. The highest BCUT2D eigenvalue weighted by Gasteiger charge is 2.02. The fourth-order valence-electron chi connectivity index (χ4n) is 1.11. The monoisotopic (exact) mass is 284 g/mol. The molecule has 0 saturated carbocycles. The van der Waals surface area contributed by atoms with Crippen molar-refractivity contribution in [2.75, 3.05) is 5.84 Å². The molecule has 0 spiro atoms. The first-order chi connectivity index (χ1) is 7.25. The van der Waals surface area contributed by atoms with Crippen LogP contribution in [0.1, 0.15) is 5.56 Å². The molecule has 0 radical (unpaired) electrons. The van der Waals surface area contributed by atoms with Crippen molar-refractivity contribution in [1.82, 2.24) is 14.9 Å². The van der Waals surface area contributed by atoms with Crippen LogP contribution in [-0.4, -0.2) is 14.9 Å². The molecule has 0 unspecified atom stereocenters. The number of hydrogen-bond acceptors (Lipinski definition) is 4. The largest absolute Gasteiger partial charge is 0.336 e. The Labute approximate surface area is 100.0 Å². The van der Waals surface area contributed by atoms with Crippen molar-refractivity contribution in [3.05, 3.63) is 40.6 Å². The lowest BCUT2D eigenvalue weighted by atomic mass is 10.2. The Morgan fingerprint density at radius 3 is 3.00 bits per heavy atom. The van der Waals surface area contributed by atoms with Crippen LogP contribution in [0.3, 0.4) is 0 Å². The Bertz CT molecular complexity index is 457. The van der Waals surface area contributed by atoms with Crippen LogP contribution >= 0.6 is 27.7 Å². The van der Waals surface area contributed by atoms with Gasteiger partial charge in [0.2, 0.25) is 5.16 Å². The number of nitrogens with two attached hydrogens (primary N) is 1. The van der Waals surface area contributed by atoms with E-state index in [-0.39, 0.29) is 0 Å². The number of aromatic nitrogens is 3. The second kappa shape index (κ2) is 4.67. The highest BCUT2D eigenvalue weighted by molar-refractivity contribution is 9.10. The van der Waals surface area contributed by atoms with Crippen LogP contribution in [0.2, 0.25) is 0 Å². The summed E-state index contributed by atoms with van der Waals surface area (Å²) in [5, 5.41) is 8.32. The molecule has 0 aliphatic heterocycles. The van der Waals surface area contributed by atoms with Crippen LogP contribution in [0.5, 0.6) is 0 Å². The predicted octanol–water partition coefficient (Wildman–Crippen LogP) is 2.05. The van der Waals surface area contributed by atoms with Crippen LogP contribution in [0.15, 0.2) is 40.2 Å². The maximum absolute atomic E-state index is 5.60. The van der Waals surface area contributed by atoms with Gasteiger partial charge in [-0.25, -0.2) is 4.68 Å². The Hall–Kier alpha value is -1.01. The molecule has 6 heteroatoms. The minimum Gasteiger partial charge on any atom is -0.336 e. The zero-order valence-electron chi connectivity index (χ0n) is 7.80. The van der Waals surface area contributed by atoms with Crippen LogP contribution in [0.4, 0.5) is 0 Å². The van der Waals surface area contributed by atoms with Gasteiger partial charge in [-0.1, -0.05) is 39.8 Å². The van der Waals surface area contributed by atoms with Crippen molar-refractivity contribution in [2.24, 2.45) is 0 Å². The summed E-state index contributed by atoms with van der Waals surface area (Å²) >= 11 is 4.99. The molecule has 0 amide bonds. The minimum atomic E-state index is 0.718. The normalized spacial score (nSPS) is 10.5. The molecule has 2 N–H and O–H groups in total. The van der Waals surface area contributed by atoms with E-state index in [0.29, 0.717) is 0 Å². The van der Waals surface area contributed by atoms with E-state index in [1.54, 1.807) is 11.8 Å². The zero-order chi connectivity index (χ0) is 10.7. The number of hydrogen-bond donors (Lipinski definition) is 1. The molecule has 0 aliphatic carbocycles. The van der Waals surface area contributed by atoms with Crippen molar-refractivity contribution in [2.45, 2.75) is 10.9 Å². The van der Waals surface area contributed by atoms with Crippen LogP contribution < -0.4 is 5.84 Å². The number of benzene rings is 1. The van der Waals surface area contributed by atoms with Gasteiger partial charge >= 0.3 is 0 Å². The fraction of sp³-hybridized carbons (Fsp3) is 0.111. The van der Waals surface area contributed by atoms with E-state index in [2.05, 4.69) is 38.3 Å². The average molecular weight is 285 g/mol. The Kier molecular flexibility index (Phi) is 3.27. The van der Waals surface area contributed by atoms with Gasteiger partial charge in [-0.3, -0.25) is 0 Å². The Balaban J connectivity index is 2.02. The van der Waals surface area contributed by atoms with E-state index in [9.17, 15) is 0 Å². The van der Waals surface area contributed by atoms with Gasteiger partial charge in [-0.05, 0) is 17.7 Å². The summed E-state index contributed by atoms with van der Waals surface area (Å²) in [6.45, 7) is 0. The van der Waals surface area contributed by atoms with E-state index in [0.717, 1.165) is 15.4 Å². The molecule has 0 aliphatic rings. The topological polar surface area (TPSA) is 56.7 Å². The molecule has 2 aromatic rings. The Morgan fingerprint density at radius 1 is 1.47 bits per heavy atom. The quantitative estimate of drug-likeness (QED) is 0.692. The molecule has 4 nitrogen and oxygen atoms in total. The third-order valence-electron chi connectivity index (χ3n) is 1.80. The van der Waals surface area contributed by atoms with Gasteiger partial charge in [0.15, 0.2) is 0 Å². The number of nitrogen functional groups attached to an aromatic ring is 1. The van der Waals surface area contributed by atoms with Gasteiger partial charge < -0.3 is 5.84 Å². The van der Waals surface area contributed by atoms with Crippen molar-refractivity contribution in [3.63, 3.8) is 0 Å². The summed E-state index contributed by atoms with van der Waals surface area (Å²) < 4.78 is 2.50. The highest BCUT2D eigenvalue weighted by Crippen LogP contribution is 2.21. The molecular formula is C9H9BrN4S. The number of thioether (sulfide) groups is 1. The first-order valence-electron chi connectivity index (χ1n) is 4.28. The SMILES string of the molecule is Nn1cnnc1SCc1cccc(Br)c1. The molecule has 2 rings (SSSR count). The molecule has 15 heavy (non-hydrogen) atoms. The molecule has 1 aromatic heterocycles. The minimum absolute atomic E-state index is 0.718. The summed E-state index contributed by atoms with van der Waals surface area (Å²) in [5.74, 6) is 6.42. The lowest BCUT2D eigenvalue weighted by Gasteiger charge is -2.01. The predicted molar refractivity (Wildman–Crippen MR) is 63.9 cm³/mol. The molecule has 0 atom stereocenters. The smallest absolute Gasteiger partial charge is 0.209 e. The number of halogens is 1. The number of rotatable bonds is 3. The molecule has 0 bridgehead atoms. The second-order valence-corrected chi connectivity index (χ2v) is 4.80. The van der Waals surface area contributed by atoms with Gasteiger partial charge in [0.25, 0.3) is 0 Å². The van der Waals surface area contributed by atoms with Gasteiger partial charge in [-0.15, -0.1) is 10.2 Å². The van der Waals surface area contributed by atoms with Crippen molar-refractivity contribution < 1.29 is 0 Å². The summed E-state index contributed by atoms with van der Waals surface area (Å²) in [6, 6.07) is 8.14. The number of nitrogens with zero attached hydrogens (tertiary/aromatic N) is 3. The van der Waals surface area contributed by atoms with E-state index in [1.165, 1.54) is 16.6 Å². The first-order valence-corrected chi connectivity index (χ1v) is 6.06. The molecule has 78 valence electrons. The zero-order valence-corrected chi connectivity index (χ0v) is 10.2. The van der Waals surface area contributed by atoms with Gasteiger partial charge in [0, 0.05) is 10.2 Å². The summed E-state index contributed by atoms with van der Waals surface area (Å²) in [7, 11) is 0. The molecule has 1 heterocycles. The van der Waals surface area contributed by atoms with E-state index < -0.39 is 0 Å². The lowest BCUT2D eigenvalue weighted by Crippen LogP contribution is -2.07. The fourth-order valence-corrected chi connectivity index (χ4v) is 2.33. The Morgan fingerprint density at radius 2 is 2.33 bits per heavy atom. The summed E-state index contributed by atoms with van der Waals surface area (Å²) in [5.41, 5.74) is 1.22. The highest BCUT2D eigenvalue weighted by atomic mass is 79.9. The summed E-state index contributed by atoms with van der Waals surface area (Å²) in [6.07, 6.45) is 1.49. The molecule has 1 aromatic carbocycles. The first kappa shape index (κ1) is 10.5. The average Bonchev–Trinajstić information content (AvgIpc) is 2.61.